The number of nitrogens with zero attached hydrogens (tertiary/aromatic N) is 8. The van der Waals surface area contributed by atoms with Crippen molar-refractivity contribution in [2.45, 2.75) is 20.8 Å². The van der Waals surface area contributed by atoms with Gasteiger partial charge < -0.3 is 9.80 Å². The average Bonchev–Trinajstić information content (AvgIpc) is 3.24. The standard InChI is InChI=1S/C19H24N8O/c1-13-5-6-27(22-13)17-11-16(20-12-21-17)25-7-9-26(10-8-25)19(28)18-14(2)23-24(4)15(18)3/h5-6,11-12H,7-10H2,1-4H3. The van der Waals surface area contributed by atoms with Gasteiger partial charge in [0.25, 0.3) is 5.91 Å². The van der Waals surface area contributed by atoms with Gasteiger partial charge in [-0.25, -0.2) is 14.6 Å². The van der Waals surface area contributed by atoms with E-state index in [9.17, 15) is 4.79 Å². The Morgan fingerprint density at radius 1 is 1.00 bits per heavy atom. The van der Waals surface area contributed by atoms with Crippen molar-refractivity contribution in [3.63, 3.8) is 0 Å². The van der Waals surface area contributed by atoms with Gasteiger partial charge in [0.1, 0.15) is 12.1 Å². The molecule has 0 spiro atoms. The first-order valence-electron chi connectivity index (χ1n) is 9.33. The fraction of sp³-hybridized carbons (Fsp3) is 0.421. The number of rotatable bonds is 3. The zero-order valence-corrected chi connectivity index (χ0v) is 16.6. The number of carbonyl (C=O) groups is 1. The van der Waals surface area contributed by atoms with E-state index in [2.05, 4.69) is 25.1 Å². The lowest BCUT2D eigenvalue weighted by atomic mass is 10.1. The highest BCUT2D eigenvalue weighted by molar-refractivity contribution is 5.96. The van der Waals surface area contributed by atoms with Crippen LogP contribution in [0, 0.1) is 20.8 Å². The lowest BCUT2D eigenvalue weighted by molar-refractivity contribution is 0.0745. The molecule has 0 N–H and O–H groups in total. The molecule has 146 valence electrons. The molecule has 1 aliphatic rings. The molecule has 1 aliphatic heterocycles. The van der Waals surface area contributed by atoms with Crippen LogP contribution >= 0.6 is 0 Å². The van der Waals surface area contributed by atoms with Gasteiger partial charge in [-0.15, -0.1) is 0 Å². The molecule has 0 aliphatic carbocycles. The molecule has 0 aromatic carbocycles. The van der Waals surface area contributed by atoms with E-state index >= 15 is 0 Å². The highest BCUT2D eigenvalue weighted by atomic mass is 16.2. The van der Waals surface area contributed by atoms with Crippen LogP contribution in [0.2, 0.25) is 0 Å². The van der Waals surface area contributed by atoms with Crippen LogP contribution in [0.1, 0.15) is 27.4 Å². The Balaban J connectivity index is 1.46. The first-order chi connectivity index (χ1) is 13.4. The second-order valence-electron chi connectivity index (χ2n) is 7.08. The largest absolute Gasteiger partial charge is 0.353 e. The summed E-state index contributed by atoms with van der Waals surface area (Å²) in [6, 6.07) is 3.87. The summed E-state index contributed by atoms with van der Waals surface area (Å²) in [5, 5.41) is 8.76. The van der Waals surface area contributed by atoms with Gasteiger partial charge in [-0.05, 0) is 26.8 Å². The van der Waals surface area contributed by atoms with Gasteiger partial charge in [-0.1, -0.05) is 0 Å². The number of hydrogen-bond acceptors (Lipinski definition) is 6. The van der Waals surface area contributed by atoms with Crippen molar-refractivity contribution in [1.82, 2.24) is 34.4 Å². The van der Waals surface area contributed by atoms with Crippen LogP contribution < -0.4 is 4.90 Å². The second-order valence-corrected chi connectivity index (χ2v) is 7.08. The van der Waals surface area contributed by atoms with Crippen molar-refractivity contribution >= 4 is 11.7 Å². The third-order valence-electron chi connectivity index (χ3n) is 5.21. The molecule has 4 heterocycles. The number of carbonyl (C=O) groups excluding carboxylic acids is 1. The molecule has 28 heavy (non-hydrogen) atoms. The van der Waals surface area contributed by atoms with Gasteiger partial charge in [-0.3, -0.25) is 9.48 Å². The van der Waals surface area contributed by atoms with E-state index in [1.165, 1.54) is 0 Å². The number of amides is 1. The molecule has 3 aromatic rings. The zero-order chi connectivity index (χ0) is 19.8. The minimum atomic E-state index is 0.0538. The molecule has 9 heteroatoms. The summed E-state index contributed by atoms with van der Waals surface area (Å²) < 4.78 is 3.51. The first-order valence-corrected chi connectivity index (χ1v) is 9.33. The summed E-state index contributed by atoms with van der Waals surface area (Å²) >= 11 is 0. The summed E-state index contributed by atoms with van der Waals surface area (Å²) in [6.07, 6.45) is 3.44. The van der Waals surface area contributed by atoms with Crippen molar-refractivity contribution in [2.75, 3.05) is 31.1 Å². The maximum absolute atomic E-state index is 13.0. The third kappa shape index (κ3) is 3.23. The van der Waals surface area contributed by atoms with Crippen LogP contribution in [0.5, 0.6) is 0 Å². The van der Waals surface area contributed by atoms with Crippen LogP contribution in [-0.2, 0) is 7.05 Å². The van der Waals surface area contributed by atoms with Gasteiger partial charge in [0.15, 0.2) is 5.82 Å². The maximum atomic E-state index is 13.0. The summed E-state index contributed by atoms with van der Waals surface area (Å²) in [6.45, 7) is 8.50. The monoisotopic (exact) mass is 380 g/mol. The van der Waals surface area contributed by atoms with Gasteiger partial charge in [0, 0.05) is 51.2 Å². The summed E-state index contributed by atoms with van der Waals surface area (Å²) in [7, 11) is 1.87. The molecule has 1 amide bonds. The van der Waals surface area contributed by atoms with Crippen molar-refractivity contribution in [3.8, 4) is 5.82 Å². The van der Waals surface area contributed by atoms with Crippen molar-refractivity contribution in [1.29, 1.82) is 0 Å². The topological polar surface area (TPSA) is 85.0 Å². The summed E-state index contributed by atoms with van der Waals surface area (Å²) in [5.41, 5.74) is 3.34. The van der Waals surface area contributed by atoms with Crippen molar-refractivity contribution < 1.29 is 4.79 Å². The van der Waals surface area contributed by atoms with Crippen LogP contribution in [-0.4, -0.2) is 66.5 Å². The number of aryl methyl sites for hydroxylation is 3. The Kier molecular flexibility index (Phi) is 4.58. The smallest absolute Gasteiger partial charge is 0.257 e. The Labute approximate surface area is 163 Å². The molecule has 4 rings (SSSR count). The molecule has 1 fully saturated rings. The molecule has 0 saturated carbocycles. The van der Waals surface area contributed by atoms with E-state index in [0.29, 0.717) is 18.7 Å². The fourth-order valence-electron chi connectivity index (χ4n) is 3.56. The van der Waals surface area contributed by atoms with Gasteiger partial charge >= 0.3 is 0 Å². The van der Waals surface area contributed by atoms with Crippen LogP contribution in [0.3, 0.4) is 0 Å². The number of anilines is 1. The van der Waals surface area contributed by atoms with E-state index in [4.69, 9.17) is 0 Å². The molecule has 9 nitrogen and oxygen atoms in total. The minimum absolute atomic E-state index is 0.0538. The van der Waals surface area contributed by atoms with Crippen LogP contribution in [0.25, 0.3) is 5.82 Å². The van der Waals surface area contributed by atoms with E-state index < -0.39 is 0 Å². The van der Waals surface area contributed by atoms with Crippen LogP contribution in [0.15, 0.2) is 24.7 Å². The minimum Gasteiger partial charge on any atom is -0.353 e. The Morgan fingerprint density at radius 3 is 2.32 bits per heavy atom. The lowest BCUT2D eigenvalue weighted by Crippen LogP contribution is -2.49. The normalized spacial score (nSPS) is 14.6. The molecule has 0 atom stereocenters. The van der Waals surface area contributed by atoms with Gasteiger partial charge in [0.05, 0.1) is 17.0 Å². The van der Waals surface area contributed by atoms with Crippen LogP contribution in [0.4, 0.5) is 5.82 Å². The average molecular weight is 380 g/mol. The lowest BCUT2D eigenvalue weighted by Gasteiger charge is -2.35. The zero-order valence-electron chi connectivity index (χ0n) is 16.6. The molecule has 0 bridgehead atoms. The molecular weight excluding hydrogens is 356 g/mol. The number of piperazine rings is 1. The van der Waals surface area contributed by atoms with E-state index in [0.717, 1.165) is 41.8 Å². The Morgan fingerprint density at radius 2 is 1.71 bits per heavy atom. The first kappa shape index (κ1) is 18.1. The fourth-order valence-corrected chi connectivity index (χ4v) is 3.56. The number of aromatic nitrogens is 6. The van der Waals surface area contributed by atoms with Crippen molar-refractivity contribution in [2.24, 2.45) is 7.05 Å². The summed E-state index contributed by atoms with van der Waals surface area (Å²) in [4.78, 5) is 25.7. The molecule has 3 aromatic heterocycles. The number of hydrogen-bond donors (Lipinski definition) is 0. The second kappa shape index (κ2) is 7.06. The van der Waals surface area contributed by atoms with E-state index in [-0.39, 0.29) is 5.91 Å². The van der Waals surface area contributed by atoms with E-state index in [1.54, 1.807) is 15.7 Å². The Bertz CT molecular complexity index is 1010. The predicted octanol–water partition coefficient (Wildman–Crippen LogP) is 1.28. The maximum Gasteiger partial charge on any atom is 0.257 e. The summed E-state index contributed by atoms with van der Waals surface area (Å²) in [5.74, 6) is 1.63. The molecule has 0 radical (unpaired) electrons. The van der Waals surface area contributed by atoms with Gasteiger partial charge in [-0.2, -0.15) is 10.2 Å². The molecular formula is C19H24N8O. The van der Waals surface area contributed by atoms with Crippen molar-refractivity contribution in [3.05, 3.63) is 47.3 Å². The molecule has 1 saturated heterocycles. The third-order valence-corrected chi connectivity index (χ3v) is 5.21. The predicted molar refractivity (Wildman–Crippen MR) is 105 cm³/mol. The highest BCUT2D eigenvalue weighted by Crippen LogP contribution is 2.19. The quantitative estimate of drug-likeness (QED) is 0.681. The highest BCUT2D eigenvalue weighted by Gasteiger charge is 2.27. The SMILES string of the molecule is Cc1ccn(-c2cc(N3CCN(C(=O)c4c(C)nn(C)c4C)CC3)ncn2)n1. The Hall–Kier alpha value is -3.23. The van der Waals surface area contributed by atoms with E-state index in [1.807, 2.05) is 51.0 Å². The molecule has 0 unspecified atom stereocenters. The van der Waals surface area contributed by atoms with Gasteiger partial charge in [0.2, 0.25) is 0 Å².